The summed E-state index contributed by atoms with van der Waals surface area (Å²) in [5.74, 6) is 0. The van der Waals surface area contributed by atoms with Crippen molar-refractivity contribution in [1.82, 2.24) is 0 Å². The van der Waals surface area contributed by atoms with Crippen molar-refractivity contribution in [3.63, 3.8) is 0 Å². The Hall–Kier alpha value is -7.68. The van der Waals surface area contributed by atoms with Crippen LogP contribution in [0.5, 0.6) is 0 Å². The summed E-state index contributed by atoms with van der Waals surface area (Å²) >= 11 is 0. The Kier molecular flexibility index (Phi) is 5.99. The van der Waals surface area contributed by atoms with Crippen LogP contribution >= 0.6 is 0 Å². The maximum absolute atomic E-state index is 6.72. The van der Waals surface area contributed by atoms with E-state index in [1.165, 1.54) is 82.9 Å². The van der Waals surface area contributed by atoms with Crippen LogP contribution in [0.1, 0.15) is 22.3 Å². The molecule has 2 aliphatic rings. The second kappa shape index (κ2) is 11.2. The quantitative estimate of drug-likeness (QED) is 0.176. The minimum atomic E-state index is -0.580. The van der Waals surface area contributed by atoms with Gasteiger partial charge in [0.1, 0.15) is 22.3 Å². The molecule has 2 aliphatic carbocycles. The first-order valence-electron chi connectivity index (χ1n) is 20.4. The molecule has 0 aliphatic heterocycles. The number of hydrogen-bond acceptors (Lipinski definition) is 2. The zero-order valence-corrected chi connectivity index (χ0v) is 31.8. The van der Waals surface area contributed by atoms with E-state index < -0.39 is 5.41 Å². The summed E-state index contributed by atoms with van der Waals surface area (Å²) < 4.78 is 13.1. The van der Waals surface area contributed by atoms with Crippen molar-refractivity contribution in [2.24, 2.45) is 0 Å². The minimum absolute atomic E-state index is 0.580. The van der Waals surface area contributed by atoms with Gasteiger partial charge in [-0.1, -0.05) is 152 Å². The molecule has 2 heterocycles. The molecule has 0 radical (unpaired) electrons. The third-order valence-corrected chi connectivity index (χ3v) is 13.5. The highest BCUT2D eigenvalue weighted by atomic mass is 16.3. The van der Waals surface area contributed by atoms with Gasteiger partial charge in [0.25, 0.3) is 0 Å². The van der Waals surface area contributed by atoms with E-state index >= 15 is 0 Å². The Labute approximate surface area is 339 Å². The summed E-state index contributed by atoms with van der Waals surface area (Å²) in [6.45, 7) is 0. The highest BCUT2D eigenvalue weighted by Gasteiger charge is 2.53. The van der Waals surface area contributed by atoms with Crippen molar-refractivity contribution in [3.05, 3.63) is 216 Å². The summed E-state index contributed by atoms with van der Waals surface area (Å²) in [6.07, 6.45) is 0. The Morgan fingerprint density at radius 2 is 0.966 bits per heavy atom. The standard InChI is InChI=1S/C57H32O2/c1-4-15-39-33(12-1)24-28-44-53-37(19-11-23-52(53)59-56(39)44)36-25-27-43-49(32-36)57(47-20-8-5-16-40(47)41-17-6-9-21-48(41)57)55-45(30-34-13-2-3-14-38(34)54(43)55)35-26-29-51-46(31-35)42-18-7-10-22-50(42)58-51/h1-32H. The number of furan rings is 2. The van der Waals surface area contributed by atoms with Crippen molar-refractivity contribution in [2.75, 3.05) is 0 Å². The third-order valence-electron chi connectivity index (χ3n) is 13.5. The molecular weight excluding hydrogens is 717 g/mol. The van der Waals surface area contributed by atoms with Crippen LogP contribution in [0, 0.1) is 0 Å². The maximum Gasteiger partial charge on any atom is 0.143 e. The largest absolute Gasteiger partial charge is 0.456 e. The SMILES string of the molecule is c1ccc2c(c1)-c1ccccc1C21c2cc(-c3cccc4oc5c6ccccc6ccc5c34)ccc2-c2c1c(-c1ccc3oc4ccccc4c3c1)cc1ccccc21. The van der Waals surface area contributed by atoms with E-state index in [9.17, 15) is 0 Å². The molecule has 0 saturated heterocycles. The Bertz CT molecular complexity index is 3750. The first-order valence-corrected chi connectivity index (χ1v) is 20.4. The lowest BCUT2D eigenvalue weighted by molar-refractivity contribution is 0.669. The molecule has 0 bridgehead atoms. The Morgan fingerprint density at radius 1 is 0.322 bits per heavy atom. The maximum atomic E-state index is 6.72. The number of rotatable bonds is 2. The van der Waals surface area contributed by atoms with E-state index in [0.717, 1.165) is 49.3 Å². The molecule has 12 aromatic rings. The molecule has 10 aromatic carbocycles. The lowest BCUT2D eigenvalue weighted by Crippen LogP contribution is -2.26. The third kappa shape index (κ3) is 3.96. The number of benzene rings is 10. The van der Waals surface area contributed by atoms with Crippen molar-refractivity contribution in [3.8, 4) is 44.5 Å². The van der Waals surface area contributed by atoms with Gasteiger partial charge in [0, 0.05) is 26.9 Å². The van der Waals surface area contributed by atoms with Crippen LogP contribution in [-0.4, -0.2) is 0 Å². The average molecular weight is 749 g/mol. The van der Waals surface area contributed by atoms with E-state index in [0.29, 0.717) is 0 Å². The molecule has 0 unspecified atom stereocenters. The van der Waals surface area contributed by atoms with Crippen molar-refractivity contribution < 1.29 is 8.83 Å². The van der Waals surface area contributed by atoms with Crippen LogP contribution in [0.4, 0.5) is 0 Å². The van der Waals surface area contributed by atoms with Crippen molar-refractivity contribution in [2.45, 2.75) is 5.41 Å². The van der Waals surface area contributed by atoms with Crippen LogP contribution in [-0.2, 0) is 5.41 Å². The van der Waals surface area contributed by atoms with E-state index in [1.54, 1.807) is 0 Å². The summed E-state index contributed by atoms with van der Waals surface area (Å²) in [5.41, 5.74) is 18.3. The molecule has 272 valence electrons. The van der Waals surface area contributed by atoms with Gasteiger partial charge in [-0.2, -0.15) is 0 Å². The summed E-state index contributed by atoms with van der Waals surface area (Å²) in [6, 6.07) is 71.5. The lowest BCUT2D eigenvalue weighted by Gasteiger charge is -2.33. The lowest BCUT2D eigenvalue weighted by atomic mass is 9.68. The molecule has 2 nitrogen and oxygen atoms in total. The minimum Gasteiger partial charge on any atom is -0.456 e. The number of para-hydroxylation sites is 1. The van der Waals surface area contributed by atoms with Gasteiger partial charge in [-0.15, -0.1) is 0 Å². The molecule has 2 aromatic heterocycles. The van der Waals surface area contributed by atoms with Crippen LogP contribution in [0.25, 0.3) is 110 Å². The monoisotopic (exact) mass is 748 g/mol. The van der Waals surface area contributed by atoms with Gasteiger partial charge in [0.2, 0.25) is 0 Å². The van der Waals surface area contributed by atoms with Crippen LogP contribution in [0.15, 0.2) is 203 Å². The highest BCUT2D eigenvalue weighted by Crippen LogP contribution is 2.66. The molecular formula is C57H32O2. The zero-order valence-electron chi connectivity index (χ0n) is 31.8. The van der Waals surface area contributed by atoms with E-state index in [-0.39, 0.29) is 0 Å². The normalized spacial score (nSPS) is 13.6. The fourth-order valence-corrected chi connectivity index (χ4v) is 11.1. The molecule has 2 heteroatoms. The van der Waals surface area contributed by atoms with E-state index in [4.69, 9.17) is 8.83 Å². The second-order valence-electron chi connectivity index (χ2n) is 16.3. The average Bonchev–Trinajstić information content (AvgIpc) is 4.04. The van der Waals surface area contributed by atoms with Gasteiger partial charge >= 0.3 is 0 Å². The number of hydrogen-bond donors (Lipinski definition) is 0. The highest BCUT2D eigenvalue weighted by molar-refractivity contribution is 6.19. The predicted octanol–water partition coefficient (Wildman–Crippen LogP) is 15.5. The van der Waals surface area contributed by atoms with Crippen molar-refractivity contribution >= 4 is 65.4 Å². The molecule has 0 atom stereocenters. The molecule has 1 spiro atoms. The zero-order chi connectivity index (χ0) is 38.4. The molecule has 0 fully saturated rings. The van der Waals surface area contributed by atoms with Gasteiger partial charge in [0.05, 0.1) is 5.41 Å². The molecule has 59 heavy (non-hydrogen) atoms. The number of fused-ring (bicyclic) bond motifs is 20. The van der Waals surface area contributed by atoms with E-state index in [1.807, 2.05) is 6.07 Å². The fourth-order valence-electron chi connectivity index (χ4n) is 11.1. The van der Waals surface area contributed by atoms with Gasteiger partial charge in [0.15, 0.2) is 0 Å². The van der Waals surface area contributed by atoms with Gasteiger partial charge < -0.3 is 8.83 Å². The summed E-state index contributed by atoms with van der Waals surface area (Å²) in [5, 5.41) is 9.37. The first-order chi connectivity index (χ1) is 29.3. The molecule has 0 amide bonds. The van der Waals surface area contributed by atoms with Crippen LogP contribution < -0.4 is 0 Å². The molecule has 0 N–H and O–H groups in total. The van der Waals surface area contributed by atoms with Gasteiger partial charge in [-0.3, -0.25) is 0 Å². The van der Waals surface area contributed by atoms with Crippen LogP contribution in [0.2, 0.25) is 0 Å². The summed E-state index contributed by atoms with van der Waals surface area (Å²) in [7, 11) is 0. The van der Waals surface area contributed by atoms with Gasteiger partial charge in [-0.25, -0.2) is 0 Å². The molecule has 14 rings (SSSR count). The predicted molar refractivity (Wildman–Crippen MR) is 243 cm³/mol. The van der Waals surface area contributed by atoms with Crippen LogP contribution in [0.3, 0.4) is 0 Å². The van der Waals surface area contributed by atoms with Crippen molar-refractivity contribution in [1.29, 1.82) is 0 Å². The molecule has 0 saturated carbocycles. The fraction of sp³-hybridized carbons (Fsp3) is 0.0175. The topological polar surface area (TPSA) is 26.3 Å². The smallest absolute Gasteiger partial charge is 0.143 e. The first kappa shape index (κ1) is 31.4. The van der Waals surface area contributed by atoms with Gasteiger partial charge in [-0.05, 0) is 125 Å². The van der Waals surface area contributed by atoms with E-state index in [2.05, 4.69) is 188 Å². The summed E-state index contributed by atoms with van der Waals surface area (Å²) in [4.78, 5) is 0. The Morgan fingerprint density at radius 3 is 1.81 bits per heavy atom. The second-order valence-corrected chi connectivity index (χ2v) is 16.3. The Balaban J connectivity index is 1.12.